The van der Waals surface area contributed by atoms with Gasteiger partial charge in [0.25, 0.3) is 0 Å². The van der Waals surface area contributed by atoms with Gasteiger partial charge in [-0.05, 0) is 35.7 Å². The fourth-order valence-corrected chi connectivity index (χ4v) is 1.95. The Balaban J connectivity index is 2.18. The van der Waals surface area contributed by atoms with Gasteiger partial charge in [0.05, 0.1) is 0 Å². The van der Waals surface area contributed by atoms with Gasteiger partial charge in [-0.15, -0.1) is 0 Å². The number of rotatable bonds is 3. The smallest absolute Gasteiger partial charge is 0.126 e. The molecular weight excluding hydrogens is 237 g/mol. The Hall–Kier alpha value is -1.38. The predicted octanol–water partition coefficient (Wildman–Crippen LogP) is 3.72. The van der Waals surface area contributed by atoms with Crippen LogP contribution < -0.4 is 5.73 Å². The summed E-state index contributed by atoms with van der Waals surface area (Å²) in [5, 5.41) is 0.529. The van der Waals surface area contributed by atoms with E-state index in [0.29, 0.717) is 17.0 Å². The van der Waals surface area contributed by atoms with Crippen LogP contribution in [0.5, 0.6) is 0 Å². The molecule has 0 saturated heterocycles. The molecule has 2 N–H and O–H groups in total. The molecule has 0 saturated carbocycles. The highest BCUT2D eigenvalue weighted by Gasteiger charge is 2.10. The summed E-state index contributed by atoms with van der Waals surface area (Å²) in [6.07, 6.45) is 0.441. The first-order valence-electron chi connectivity index (χ1n) is 5.41. The van der Waals surface area contributed by atoms with Crippen molar-refractivity contribution in [1.29, 1.82) is 0 Å². The van der Waals surface area contributed by atoms with Crippen LogP contribution in [0.1, 0.15) is 17.2 Å². The Morgan fingerprint density at radius 3 is 2.53 bits per heavy atom. The summed E-state index contributed by atoms with van der Waals surface area (Å²) >= 11 is 5.84. The van der Waals surface area contributed by atoms with Gasteiger partial charge in [-0.25, -0.2) is 4.39 Å². The average Bonchev–Trinajstić information content (AvgIpc) is 2.35. The summed E-state index contributed by atoms with van der Waals surface area (Å²) < 4.78 is 13.5. The summed E-state index contributed by atoms with van der Waals surface area (Å²) in [6.45, 7) is 0. The van der Waals surface area contributed by atoms with Crippen LogP contribution in [0.3, 0.4) is 0 Å². The third-order valence-corrected chi connectivity index (χ3v) is 2.91. The molecular formula is C14H13ClFN. The molecule has 2 rings (SSSR count). The minimum absolute atomic E-state index is 0.218. The molecule has 17 heavy (non-hydrogen) atoms. The third kappa shape index (κ3) is 3.05. The van der Waals surface area contributed by atoms with Gasteiger partial charge in [-0.1, -0.05) is 41.9 Å². The van der Waals surface area contributed by atoms with Crippen LogP contribution in [-0.2, 0) is 6.42 Å². The van der Waals surface area contributed by atoms with Crippen molar-refractivity contribution in [3.63, 3.8) is 0 Å². The highest BCUT2D eigenvalue weighted by molar-refractivity contribution is 6.30. The van der Waals surface area contributed by atoms with Crippen molar-refractivity contribution >= 4 is 11.6 Å². The van der Waals surface area contributed by atoms with Gasteiger partial charge in [0.15, 0.2) is 0 Å². The maximum Gasteiger partial charge on any atom is 0.126 e. The van der Waals surface area contributed by atoms with Crippen molar-refractivity contribution in [2.75, 3.05) is 0 Å². The van der Waals surface area contributed by atoms with Crippen LogP contribution >= 0.6 is 11.6 Å². The first-order valence-corrected chi connectivity index (χ1v) is 5.79. The van der Waals surface area contributed by atoms with E-state index in [9.17, 15) is 4.39 Å². The van der Waals surface area contributed by atoms with E-state index >= 15 is 0 Å². The SMILES string of the molecule is NC(Cc1cc(Cl)ccc1F)c1ccccc1. The van der Waals surface area contributed by atoms with Crippen LogP contribution in [0, 0.1) is 5.82 Å². The van der Waals surface area contributed by atoms with Gasteiger partial charge in [0.2, 0.25) is 0 Å². The molecule has 0 bridgehead atoms. The normalized spacial score (nSPS) is 12.4. The molecule has 1 atom stereocenters. The van der Waals surface area contributed by atoms with E-state index < -0.39 is 0 Å². The van der Waals surface area contributed by atoms with Crippen LogP contribution in [-0.4, -0.2) is 0 Å². The Morgan fingerprint density at radius 2 is 1.82 bits per heavy atom. The molecule has 88 valence electrons. The van der Waals surface area contributed by atoms with Crippen molar-refractivity contribution in [3.05, 3.63) is 70.5 Å². The van der Waals surface area contributed by atoms with E-state index in [1.807, 2.05) is 30.3 Å². The second kappa shape index (κ2) is 5.30. The summed E-state index contributed by atoms with van der Waals surface area (Å²) in [6, 6.07) is 14.0. The largest absolute Gasteiger partial charge is 0.324 e. The van der Waals surface area contributed by atoms with Gasteiger partial charge in [-0.3, -0.25) is 0 Å². The highest BCUT2D eigenvalue weighted by atomic mass is 35.5. The standard InChI is InChI=1S/C14H13ClFN/c15-12-6-7-13(16)11(8-12)9-14(17)10-4-2-1-3-5-10/h1-8,14H,9,17H2. The lowest BCUT2D eigenvalue weighted by Crippen LogP contribution is -2.14. The lowest BCUT2D eigenvalue weighted by atomic mass is 9.99. The quantitative estimate of drug-likeness (QED) is 0.882. The fraction of sp³-hybridized carbons (Fsp3) is 0.143. The molecule has 1 unspecified atom stereocenters. The molecule has 0 amide bonds. The van der Waals surface area contributed by atoms with E-state index in [0.717, 1.165) is 5.56 Å². The van der Waals surface area contributed by atoms with E-state index in [1.165, 1.54) is 12.1 Å². The van der Waals surface area contributed by atoms with Gasteiger partial charge < -0.3 is 5.73 Å². The Kier molecular flexibility index (Phi) is 3.77. The summed E-state index contributed by atoms with van der Waals surface area (Å²) in [5.41, 5.74) is 7.58. The zero-order valence-electron chi connectivity index (χ0n) is 9.24. The Bertz CT molecular complexity index is 499. The van der Waals surface area contributed by atoms with Crippen molar-refractivity contribution in [3.8, 4) is 0 Å². The molecule has 0 aromatic heterocycles. The first kappa shape index (κ1) is 12.1. The number of halogens is 2. The number of hydrogen-bond donors (Lipinski definition) is 1. The lowest BCUT2D eigenvalue weighted by Gasteiger charge is -2.12. The fourth-order valence-electron chi connectivity index (χ4n) is 1.75. The zero-order chi connectivity index (χ0) is 12.3. The minimum atomic E-state index is -0.263. The van der Waals surface area contributed by atoms with Gasteiger partial charge in [0, 0.05) is 11.1 Å². The summed E-state index contributed by atoms with van der Waals surface area (Å²) in [7, 11) is 0. The summed E-state index contributed by atoms with van der Waals surface area (Å²) in [5.74, 6) is -0.263. The lowest BCUT2D eigenvalue weighted by molar-refractivity contribution is 0.593. The van der Waals surface area contributed by atoms with Crippen LogP contribution in [0.2, 0.25) is 5.02 Å². The first-order chi connectivity index (χ1) is 8.16. The second-order valence-electron chi connectivity index (χ2n) is 3.96. The molecule has 3 heteroatoms. The molecule has 0 heterocycles. The van der Waals surface area contributed by atoms with Crippen molar-refractivity contribution < 1.29 is 4.39 Å². The molecule has 0 radical (unpaired) electrons. The topological polar surface area (TPSA) is 26.0 Å². The van der Waals surface area contributed by atoms with Gasteiger partial charge in [0.1, 0.15) is 5.82 Å². The van der Waals surface area contributed by atoms with E-state index in [-0.39, 0.29) is 11.9 Å². The number of hydrogen-bond acceptors (Lipinski definition) is 1. The molecule has 0 spiro atoms. The van der Waals surface area contributed by atoms with Crippen LogP contribution in [0.15, 0.2) is 48.5 Å². The molecule has 2 aromatic carbocycles. The van der Waals surface area contributed by atoms with Crippen molar-refractivity contribution in [1.82, 2.24) is 0 Å². The molecule has 0 aliphatic rings. The van der Waals surface area contributed by atoms with Gasteiger partial charge >= 0.3 is 0 Å². The maximum absolute atomic E-state index is 13.5. The zero-order valence-corrected chi connectivity index (χ0v) is 9.99. The van der Waals surface area contributed by atoms with Crippen molar-refractivity contribution in [2.24, 2.45) is 5.73 Å². The third-order valence-electron chi connectivity index (χ3n) is 2.68. The highest BCUT2D eigenvalue weighted by Crippen LogP contribution is 2.21. The molecule has 1 nitrogen and oxygen atoms in total. The van der Waals surface area contributed by atoms with Crippen molar-refractivity contribution in [2.45, 2.75) is 12.5 Å². The minimum Gasteiger partial charge on any atom is -0.324 e. The van der Waals surface area contributed by atoms with Crippen LogP contribution in [0.4, 0.5) is 4.39 Å². The van der Waals surface area contributed by atoms with E-state index in [2.05, 4.69) is 0 Å². The van der Waals surface area contributed by atoms with E-state index in [4.69, 9.17) is 17.3 Å². The Morgan fingerprint density at radius 1 is 1.12 bits per heavy atom. The average molecular weight is 250 g/mol. The van der Waals surface area contributed by atoms with Gasteiger partial charge in [-0.2, -0.15) is 0 Å². The molecule has 0 fully saturated rings. The summed E-state index contributed by atoms with van der Waals surface area (Å²) in [4.78, 5) is 0. The Labute approximate surface area is 105 Å². The molecule has 0 aliphatic heterocycles. The number of benzene rings is 2. The number of nitrogens with two attached hydrogens (primary N) is 1. The van der Waals surface area contributed by atoms with E-state index in [1.54, 1.807) is 6.07 Å². The molecule has 0 aliphatic carbocycles. The second-order valence-corrected chi connectivity index (χ2v) is 4.39. The monoisotopic (exact) mass is 249 g/mol. The van der Waals surface area contributed by atoms with Crippen LogP contribution in [0.25, 0.3) is 0 Å². The maximum atomic E-state index is 13.5. The molecule has 2 aromatic rings. The predicted molar refractivity (Wildman–Crippen MR) is 68.5 cm³/mol.